The number of hydrogen-bond acceptors (Lipinski definition) is 4. The van der Waals surface area contributed by atoms with Crippen molar-refractivity contribution in [2.45, 2.75) is 32.2 Å². The van der Waals surface area contributed by atoms with Crippen LogP contribution in [0.25, 0.3) is 11.0 Å². The minimum atomic E-state index is 0.581. The van der Waals surface area contributed by atoms with Crippen molar-refractivity contribution < 1.29 is 0 Å². The van der Waals surface area contributed by atoms with Gasteiger partial charge in [-0.15, -0.1) is 0 Å². The molecule has 1 aliphatic rings. The Balaban J connectivity index is 1.89. The van der Waals surface area contributed by atoms with Gasteiger partial charge in [-0.3, -0.25) is 9.97 Å². The molecule has 1 N–H and O–H groups in total. The molecule has 0 aliphatic carbocycles. The summed E-state index contributed by atoms with van der Waals surface area (Å²) >= 11 is 3.46. The van der Waals surface area contributed by atoms with Crippen molar-refractivity contribution in [2.24, 2.45) is 0 Å². The van der Waals surface area contributed by atoms with Gasteiger partial charge in [0.2, 0.25) is 0 Å². The first-order chi connectivity index (χ1) is 10.3. The first-order valence-electron chi connectivity index (χ1n) is 7.66. The van der Waals surface area contributed by atoms with Crippen LogP contribution in [0, 0.1) is 0 Å². The van der Waals surface area contributed by atoms with Gasteiger partial charge in [0.15, 0.2) is 0 Å². The molecule has 4 nitrogen and oxygen atoms in total. The van der Waals surface area contributed by atoms with E-state index in [9.17, 15) is 0 Å². The van der Waals surface area contributed by atoms with Crippen molar-refractivity contribution in [2.75, 3.05) is 24.5 Å². The average molecular weight is 349 g/mol. The van der Waals surface area contributed by atoms with Crippen LogP contribution in [0.15, 0.2) is 29.0 Å². The molecule has 1 aliphatic heterocycles. The Morgan fingerprint density at radius 3 is 3.05 bits per heavy atom. The van der Waals surface area contributed by atoms with Crippen molar-refractivity contribution in [3.63, 3.8) is 0 Å². The number of pyridine rings is 2. The van der Waals surface area contributed by atoms with E-state index in [1.807, 2.05) is 18.5 Å². The molecular weight excluding hydrogens is 328 g/mol. The lowest BCUT2D eigenvalue weighted by Gasteiger charge is -2.31. The molecule has 1 atom stereocenters. The van der Waals surface area contributed by atoms with Crippen molar-refractivity contribution in [3.05, 3.63) is 29.0 Å². The molecule has 3 heterocycles. The predicted octanol–water partition coefficient (Wildman–Crippen LogP) is 3.36. The lowest BCUT2D eigenvalue weighted by Crippen LogP contribution is -2.43. The fourth-order valence-electron chi connectivity index (χ4n) is 2.99. The molecule has 0 spiro atoms. The lowest BCUT2D eigenvalue weighted by atomic mass is 10.0. The summed E-state index contributed by atoms with van der Waals surface area (Å²) < 4.78 is 0.969. The van der Waals surface area contributed by atoms with Crippen LogP contribution >= 0.6 is 15.9 Å². The Morgan fingerprint density at radius 1 is 1.38 bits per heavy atom. The molecule has 2 aromatic rings. The predicted molar refractivity (Wildman–Crippen MR) is 90.8 cm³/mol. The summed E-state index contributed by atoms with van der Waals surface area (Å²) in [5.41, 5.74) is 3.11. The first-order valence-corrected chi connectivity index (χ1v) is 8.46. The van der Waals surface area contributed by atoms with Gasteiger partial charge in [-0.2, -0.15) is 0 Å². The second-order valence-electron chi connectivity index (χ2n) is 5.54. The largest absolute Gasteiger partial charge is 0.368 e. The van der Waals surface area contributed by atoms with Crippen molar-refractivity contribution >= 4 is 32.7 Å². The summed E-state index contributed by atoms with van der Waals surface area (Å²) in [6.07, 6.45) is 7.62. The van der Waals surface area contributed by atoms with Crippen molar-refractivity contribution in [3.8, 4) is 0 Å². The normalized spacial score (nSPS) is 18.9. The van der Waals surface area contributed by atoms with E-state index < -0.39 is 0 Å². The van der Waals surface area contributed by atoms with Crippen molar-refractivity contribution in [1.29, 1.82) is 0 Å². The van der Waals surface area contributed by atoms with Gasteiger partial charge in [0.25, 0.3) is 0 Å². The number of likely N-dealkylation sites (N-methyl/N-ethyl adjacent to an activating group) is 1. The maximum Gasteiger partial charge on any atom is 0.112 e. The third kappa shape index (κ3) is 3.35. The number of nitrogens with one attached hydrogen (secondary N) is 1. The number of anilines is 1. The topological polar surface area (TPSA) is 41.0 Å². The summed E-state index contributed by atoms with van der Waals surface area (Å²) in [4.78, 5) is 11.4. The third-order valence-corrected chi connectivity index (χ3v) is 4.53. The number of piperidine rings is 1. The Labute approximate surface area is 134 Å². The van der Waals surface area contributed by atoms with E-state index in [2.05, 4.69) is 49.1 Å². The number of fused-ring (bicyclic) bond motifs is 1. The molecule has 0 bridgehead atoms. The minimum Gasteiger partial charge on any atom is -0.368 e. The molecular formula is C16H21BrN4. The number of aromatic nitrogens is 2. The molecule has 1 fully saturated rings. The van der Waals surface area contributed by atoms with Crippen LogP contribution in [-0.4, -0.2) is 35.6 Å². The highest BCUT2D eigenvalue weighted by atomic mass is 79.9. The summed E-state index contributed by atoms with van der Waals surface area (Å²) in [5, 5.41) is 3.63. The van der Waals surface area contributed by atoms with Gasteiger partial charge < -0.3 is 10.2 Å². The molecule has 2 aromatic heterocycles. The number of halogens is 1. The van der Waals surface area contributed by atoms with Crippen LogP contribution in [0.3, 0.4) is 0 Å². The van der Waals surface area contributed by atoms with Crippen LogP contribution in [0.2, 0.25) is 0 Å². The second kappa shape index (κ2) is 6.71. The quantitative estimate of drug-likeness (QED) is 0.919. The maximum absolute atomic E-state index is 4.57. The zero-order valence-corrected chi connectivity index (χ0v) is 13.9. The number of hydrogen-bond donors (Lipinski definition) is 1. The van der Waals surface area contributed by atoms with Crippen LogP contribution in [0.4, 0.5) is 5.69 Å². The zero-order chi connectivity index (χ0) is 14.7. The molecule has 5 heteroatoms. The van der Waals surface area contributed by atoms with E-state index in [0.717, 1.165) is 35.1 Å². The Bertz CT molecular complexity index is 610. The minimum absolute atomic E-state index is 0.581. The van der Waals surface area contributed by atoms with Gasteiger partial charge in [0.1, 0.15) is 5.52 Å². The Morgan fingerprint density at radius 2 is 2.29 bits per heavy atom. The molecule has 21 heavy (non-hydrogen) atoms. The van der Waals surface area contributed by atoms with Gasteiger partial charge in [0, 0.05) is 36.0 Å². The maximum atomic E-state index is 4.57. The molecule has 0 amide bonds. The van der Waals surface area contributed by atoms with E-state index in [1.165, 1.54) is 24.9 Å². The SMILES string of the molecule is CCN(CC1CCCCN1)c1ccnc2cc(Br)cnc12. The van der Waals surface area contributed by atoms with E-state index >= 15 is 0 Å². The first kappa shape index (κ1) is 14.7. The van der Waals surface area contributed by atoms with E-state index in [-0.39, 0.29) is 0 Å². The molecule has 112 valence electrons. The molecule has 3 rings (SSSR count). The summed E-state index contributed by atoms with van der Waals surface area (Å²) in [6.45, 7) is 5.36. The smallest absolute Gasteiger partial charge is 0.112 e. The summed E-state index contributed by atoms with van der Waals surface area (Å²) in [7, 11) is 0. The van der Waals surface area contributed by atoms with Crippen LogP contribution in [-0.2, 0) is 0 Å². The number of rotatable bonds is 4. The molecule has 0 aromatic carbocycles. The monoisotopic (exact) mass is 348 g/mol. The highest BCUT2D eigenvalue weighted by molar-refractivity contribution is 9.10. The Kier molecular flexibility index (Phi) is 4.70. The average Bonchev–Trinajstić information content (AvgIpc) is 2.53. The summed E-state index contributed by atoms with van der Waals surface area (Å²) in [6, 6.07) is 4.69. The Hall–Kier alpha value is -1.20. The van der Waals surface area contributed by atoms with E-state index in [0.29, 0.717) is 6.04 Å². The van der Waals surface area contributed by atoms with E-state index in [4.69, 9.17) is 0 Å². The highest BCUT2D eigenvalue weighted by Crippen LogP contribution is 2.26. The summed E-state index contributed by atoms with van der Waals surface area (Å²) in [5.74, 6) is 0. The van der Waals surface area contributed by atoms with Gasteiger partial charge in [0.05, 0.1) is 11.2 Å². The van der Waals surface area contributed by atoms with Crippen LogP contribution < -0.4 is 10.2 Å². The zero-order valence-electron chi connectivity index (χ0n) is 12.3. The van der Waals surface area contributed by atoms with Crippen molar-refractivity contribution in [1.82, 2.24) is 15.3 Å². The lowest BCUT2D eigenvalue weighted by molar-refractivity contribution is 0.400. The van der Waals surface area contributed by atoms with Crippen LogP contribution in [0.1, 0.15) is 26.2 Å². The molecule has 1 unspecified atom stereocenters. The van der Waals surface area contributed by atoms with E-state index in [1.54, 1.807) is 0 Å². The number of nitrogens with zero attached hydrogens (tertiary/aromatic N) is 3. The highest BCUT2D eigenvalue weighted by Gasteiger charge is 2.18. The third-order valence-electron chi connectivity index (χ3n) is 4.10. The van der Waals surface area contributed by atoms with Gasteiger partial charge in [-0.05, 0) is 54.4 Å². The standard InChI is InChI=1S/C16H21BrN4/c1-2-21(11-13-5-3-4-7-18-13)15-6-8-19-14-9-12(17)10-20-16(14)15/h6,8-10,13,18H,2-5,7,11H2,1H3. The fourth-order valence-corrected chi connectivity index (χ4v) is 3.31. The molecule has 1 saturated heterocycles. The van der Waals surface area contributed by atoms with Gasteiger partial charge in [-0.25, -0.2) is 0 Å². The molecule has 0 radical (unpaired) electrons. The second-order valence-corrected chi connectivity index (χ2v) is 6.45. The van der Waals surface area contributed by atoms with Gasteiger partial charge >= 0.3 is 0 Å². The molecule has 0 saturated carbocycles. The van der Waals surface area contributed by atoms with Gasteiger partial charge in [-0.1, -0.05) is 6.42 Å². The fraction of sp³-hybridized carbons (Fsp3) is 0.500. The van der Waals surface area contributed by atoms with Crippen LogP contribution in [0.5, 0.6) is 0 Å².